The zero-order valence-electron chi connectivity index (χ0n) is 20.1. The van der Waals surface area contributed by atoms with Crippen LogP contribution in [0, 0.1) is 5.92 Å². The number of likely N-dealkylation sites (tertiary alicyclic amines) is 1. The largest absolute Gasteiger partial charge is 0.416 e. The molecule has 2 aliphatic rings. The molecule has 0 atom stereocenters. The van der Waals surface area contributed by atoms with E-state index in [-0.39, 0.29) is 17.7 Å². The maximum Gasteiger partial charge on any atom is 0.416 e. The predicted octanol–water partition coefficient (Wildman–Crippen LogP) is 4.78. The Labute approximate surface area is 204 Å². The number of nitrogens with zero attached hydrogens (tertiary/aromatic N) is 3. The van der Waals surface area contributed by atoms with Gasteiger partial charge in [0.05, 0.1) is 5.56 Å². The second-order valence-electron chi connectivity index (χ2n) is 9.38. The van der Waals surface area contributed by atoms with E-state index in [9.17, 15) is 22.8 Å². The highest BCUT2D eigenvalue weighted by molar-refractivity contribution is 6.01. The maximum atomic E-state index is 13.3. The Bertz CT molecular complexity index is 1020. The summed E-state index contributed by atoms with van der Waals surface area (Å²) in [5.74, 6) is 0.347. The van der Waals surface area contributed by atoms with Crippen LogP contribution in [0.1, 0.15) is 42.1 Å². The van der Waals surface area contributed by atoms with Crippen LogP contribution in [0.15, 0.2) is 48.5 Å². The summed E-state index contributed by atoms with van der Waals surface area (Å²) in [4.78, 5) is 32.2. The molecule has 8 heteroatoms. The number of alkyl halides is 3. The summed E-state index contributed by atoms with van der Waals surface area (Å²) in [6.07, 6.45) is -2.33. The molecule has 5 nitrogen and oxygen atoms in total. The van der Waals surface area contributed by atoms with Crippen LogP contribution in [0.3, 0.4) is 0 Å². The van der Waals surface area contributed by atoms with Crippen molar-refractivity contribution in [3.63, 3.8) is 0 Å². The quantitative estimate of drug-likeness (QED) is 0.610. The first-order valence-corrected chi connectivity index (χ1v) is 12.3. The molecule has 2 amide bonds. The lowest BCUT2D eigenvalue weighted by Crippen LogP contribution is -2.49. The normalized spacial score (nSPS) is 18.1. The Hall–Kier alpha value is -2.87. The van der Waals surface area contributed by atoms with Gasteiger partial charge in [0.25, 0.3) is 5.91 Å². The molecule has 0 aromatic heterocycles. The maximum absolute atomic E-state index is 13.3. The molecule has 0 unspecified atom stereocenters. The van der Waals surface area contributed by atoms with Crippen molar-refractivity contribution in [1.82, 2.24) is 14.7 Å². The number of piperidine rings is 1. The number of likely N-dealkylation sites (N-methyl/N-ethyl adjacent to an activating group) is 1. The van der Waals surface area contributed by atoms with Gasteiger partial charge >= 0.3 is 6.18 Å². The smallest absolute Gasteiger partial charge is 0.340 e. The molecule has 2 fully saturated rings. The molecular weight excluding hydrogens is 455 g/mol. The number of carbonyl (C=O) groups is 2. The summed E-state index contributed by atoms with van der Waals surface area (Å²) in [5, 5.41) is 0. The minimum atomic E-state index is -4.40. The molecule has 35 heavy (non-hydrogen) atoms. The van der Waals surface area contributed by atoms with Crippen LogP contribution >= 0.6 is 0 Å². The van der Waals surface area contributed by atoms with Crippen molar-refractivity contribution in [2.24, 2.45) is 5.92 Å². The lowest BCUT2D eigenvalue weighted by atomic mass is 9.91. The van der Waals surface area contributed by atoms with Gasteiger partial charge in [-0.05, 0) is 54.6 Å². The van der Waals surface area contributed by atoms with Gasteiger partial charge in [-0.2, -0.15) is 13.2 Å². The van der Waals surface area contributed by atoms with Crippen molar-refractivity contribution in [2.75, 3.05) is 45.8 Å². The monoisotopic (exact) mass is 487 g/mol. The van der Waals surface area contributed by atoms with E-state index in [0.29, 0.717) is 36.2 Å². The van der Waals surface area contributed by atoms with Crippen LogP contribution in [-0.2, 0) is 11.0 Å². The summed E-state index contributed by atoms with van der Waals surface area (Å²) in [5.41, 5.74) is 0.963. The summed E-state index contributed by atoms with van der Waals surface area (Å²) in [6.45, 7) is 7.70. The molecule has 2 aliphatic heterocycles. The number of amides is 2. The van der Waals surface area contributed by atoms with Crippen molar-refractivity contribution in [2.45, 2.75) is 32.4 Å². The fraction of sp³-hybridized carbons (Fsp3) is 0.481. The second kappa shape index (κ2) is 10.8. The summed E-state index contributed by atoms with van der Waals surface area (Å²) < 4.78 is 38.8. The third kappa shape index (κ3) is 6.04. The Morgan fingerprint density at radius 1 is 0.857 bits per heavy atom. The van der Waals surface area contributed by atoms with Crippen molar-refractivity contribution < 1.29 is 22.8 Å². The van der Waals surface area contributed by atoms with Gasteiger partial charge in [0.15, 0.2) is 0 Å². The van der Waals surface area contributed by atoms with Gasteiger partial charge in [-0.3, -0.25) is 9.59 Å². The van der Waals surface area contributed by atoms with Gasteiger partial charge in [-0.15, -0.1) is 0 Å². The van der Waals surface area contributed by atoms with E-state index in [1.165, 1.54) is 12.1 Å². The van der Waals surface area contributed by atoms with E-state index in [0.717, 1.165) is 57.7 Å². The number of hydrogen-bond acceptors (Lipinski definition) is 3. The predicted molar refractivity (Wildman–Crippen MR) is 129 cm³/mol. The first-order chi connectivity index (χ1) is 16.8. The minimum Gasteiger partial charge on any atom is -0.340 e. The molecule has 0 N–H and O–H groups in total. The van der Waals surface area contributed by atoms with E-state index in [4.69, 9.17) is 0 Å². The number of rotatable bonds is 5. The molecule has 2 saturated heterocycles. The number of carbonyl (C=O) groups excluding carboxylic acids is 2. The van der Waals surface area contributed by atoms with Gasteiger partial charge < -0.3 is 14.7 Å². The van der Waals surface area contributed by atoms with Crippen LogP contribution in [0.25, 0.3) is 11.1 Å². The zero-order chi connectivity index (χ0) is 25.0. The van der Waals surface area contributed by atoms with Crippen molar-refractivity contribution >= 4 is 11.8 Å². The zero-order valence-corrected chi connectivity index (χ0v) is 20.1. The van der Waals surface area contributed by atoms with Gasteiger partial charge in [-0.25, -0.2) is 0 Å². The molecule has 0 saturated carbocycles. The molecule has 2 heterocycles. The average molecular weight is 488 g/mol. The fourth-order valence-corrected chi connectivity index (χ4v) is 4.96. The number of hydrogen-bond donors (Lipinski definition) is 0. The molecule has 4 rings (SSSR count). The summed E-state index contributed by atoms with van der Waals surface area (Å²) in [7, 11) is 0. The van der Waals surface area contributed by atoms with Crippen LogP contribution in [0.5, 0.6) is 0 Å². The van der Waals surface area contributed by atoms with Gasteiger partial charge in [-0.1, -0.05) is 37.3 Å². The summed E-state index contributed by atoms with van der Waals surface area (Å²) >= 11 is 0. The number of halogens is 3. The second-order valence-corrected chi connectivity index (χ2v) is 9.38. The average Bonchev–Trinajstić information content (AvgIpc) is 2.88. The van der Waals surface area contributed by atoms with E-state index >= 15 is 0 Å². The lowest BCUT2D eigenvalue weighted by molar-refractivity contribution is -0.137. The summed E-state index contributed by atoms with van der Waals surface area (Å²) in [6, 6.07) is 11.9. The molecule has 2 aromatic rings. The Balaban J connectivity index is 1.36. The Kier molecular flexibility index (Phi) is 7.79. The fourth-order valence-electron chi connectivity index (χ4n) is 4.96. The SMILES string of the molecule is CCN1CCN(C(=O)CC2CCN(C(=O)c3ccccc3-c3ccc(C(F)(F)F)cc3)CC2)CC1. The van der Waals surface area contributed by atoms with E-state index in [1.807, 2.05) is 4.90 Å². The topological polar surface area (TPSA) is 43.9 Å². The van der Waals surface area contributed by atoms with Crippen LogP contribution in [-0.4, -0.2) is 72.3 Å². The van der Waals surface area contributed by atoms with Crippen molar-refractivity contribution in [3.8, 4) is 11.1 Å². The Morgan fingerprint density at radius 2 is 1.49 bits per heavy atom. The standard InChI is InChI=1S/C27H32F3N3O2/c1-2-31-15-17-32(18-16-31)25(34)19-20-11-13-33(14-12-20)26(35)24-6-4-3-5-23(24)21-7-9-22(10-8-21)27(28,29)30/h3-10,20H,2,11-19H2,1H3. The van der Waals surface area contributed by atoms with Crippen molar-refractivity contribution in [3.05, 3.63) is 59.7 Å². The molecule has 0 bridgehead atoms. The molecule has 0 radical (unpaired) electrons. The third-order valence-corrected chi connectivity index (χ3v) is 7.22. The molecule has 188 valence electrons. The van der Waals surface area contributed by atoms with E-state index in [2.05, 4.69) is 11.8 Å². The molecule has 0 spiro atoms. The third-order valence-electron chi connectivity index (χ3n) is 7.22. The van der Waals surface area contributed by atoms with Crippen LogP contribution < -0.4 is 0 Å². The first-order valence-electron chi connectivity index (χ1n) is 12.3. The first kappa shape index (κ1) is 25.2. The molecule has 0 aliphatic carbocycles. The highest BCUT2D eigenvalue weighted by Crippen LogP contribution is 2.32. The van der Waals surface area contributed by atoms with Crippen molar-refractivity contribution in [1.29, 1.82) is 0 Å². The van der Waals surface area contributed by atoms with Gasteiger partial charge in [0, 0.05) is 51.3 Å². The van der Waals surface area contributed by atoms with E-state index < -0.39 is 11.7 Å². The van der Waals surface area contributed by atoms with Gasteiger partial charge in [0.1, 0.15) is 0 Å². The number of benzene rings is 2. The molecular formula is C27H32F3N3O2. The highest BCUT2D eigenvalue weighted by Gasteiger charge is 2.31. The lowest BCUT2D eigenvalue weighted by Gasteiger charge is -2.36. The molecule has 2 aromatic carbocycles. The van der Waals surface area contributed by atoms with Gasteiger partial charge in [0.2, 0.25) is 5.91 Å². The van der Waals surface area contributed by atoms with Crippen LogP contribution in [0.2, 0.25) is 0 Å². The van der Waals surface area contributed by atoms with Crippen LogP contribution in [0.4, 0.5) is 13.2 Å². The minimum absolute atomic E-state index is 0.124. The number of piperazine rings is 1. The Morgan fingerprint density at radius 3 is 2.09 bits per heavy atom. The van der Waals surface area contributed by atoms with E-state index in [1.54, 1.807) is 29.2 Å². The highest BCUT2D eigenvalue weighted by atomic mass is 19.4.